The molecule has 3 aromatic carbocycles. The fourth-order valence-corrected chi connectivity index (χ4v) is 3.28. The molecule has 1 aromatic heterocycles. The SMILES string of the molecule is COc1ccc2ccccc2c1/C=N/n1c(-c2ccccc2C)n[nH]c1=S. The number of nitrogens with one attached hydrogen (secondary N) is 1. The van der Waals surface area contributed by atoms with Crippen LogP contribution in [0.25, 0.3) is 22.2 Å². The van der Waals surface area contributed by atoms with E-state index in [2.05, 4.69) is 27.4 Å². The highest BCUT2D eigenvalue weighted by Gasteiger charge is 2.11. The number of ether oxygens (including phenoxy) is 1. The maximum atomic E-state index is 5.54. The third-order valence-electron chi connectivity index (χ3n) is 4.49. The zero-order valence-electron chi connectivity index (χ0n) is 15.0. The van der Waals surface area contributed by atoms with Gasteiger partial charge in [-0.3, -0.25) is 0 Å². The van der Waals surface area contributed by atoms with Gasteiger partial charge in [-0.2, -0.15) is 14.9 Å². The monoisotopic (exact) mass is 374 g/mol. The molecule has 0 unspecified atom stereocenters. The van der Waals surface area contributed by atoms with E-state index in [1.165, 1.54) is 0 Å². The van der Waals surface area contributed by atoms with Crippen LogP contribution in [0.5, 0.6) is 5.75 Å². The van der Waals surface area contributed by atoms with Gasteiger partial charge in [0, 0.05) is 11.1 Å². The first-order valence-corrected chi connectivity index (χ1v) is 8.93. The summed E-state index contributed by atoms with van der Waals surface area (Å²) in [6.07, 6.45) is 1.77. The van der Waals surface area contributed by atoms with E-state index in [-0.39, 0.29) is 0 Å². The molecule has 4 rings (SSSR count). The van der Waals surface area contributed by atoms with Crippen molar-refractivity contribution in [3.05, 3.63) is 76.6 Å². The number of nitrogens with zero attached hydrogens (tertiary/aromatic N) is 3. The summed E-state index contributed by atoms with van der Waals surface area (Å²) in [4.78, 5) is 0. The number of aryl methyl sites for hydroxylation is 1. The molecule has 0 aliphatic heterocycles. The first-order chi connectivity index (χ1) is 13.2. The van der Waals surface area contributed by atoms with Crippen LogP contribution in [0.4, 0.5) is 0 Å². The molecular weight excluding hydrogens is 356 g/mol. The Balaban J connectivity index is 1.86. The van der Waals surface area contributed by atoms with Crippen LogP contribution in [-0.2, 0) is 0 Å². The molecule has 4 aromatic rings. The number of methoxy groups -OCH3 is 1. The number of aromatic amines is 1. The summed E-state index contributed by atoms with van der Waals surface area (Å²) in [6, 6.07) is 20.1. The number of rotatable bonds is 4. The third-order valence-corrected chi connectivity index (χ3v) is 4.75. The Morgan fingerprint density at radius 1 is 1.07 bits per heavy atom. The fourth-order valence-electron chi connectivity index (χ4n) is 3.10. The first kappa shape index (κ1) is 17.2. The summed E-state index contributed by atoms with van der Waals surface area (Å²) in [5.74, 6) is 1.43. The second-order valence-electron chi connectivity index (χ2n) is 6.13. The Labute approximate surface area is 161 Å². The van der Waals surface area contributed by atoms with Gasteiger partial charge in [-0.1, -0.05) is 54.6 Å². The third kappa shape index (κ3) is 3.15. The molecule has 0 bridgehead atoms. The van der Waals surface area contributed by atoms with Crippen molar-refractivity contribution in [2.24, 2.45) is 5.10 Å². The lowest BCUT2D eigenvalue weighted by atomic mass is 10.0. The number of hydrogen-bond acceptors (Lipinski definition) is 4. The van der Waals surface area contributed by atoms with Gasteiger partial charge in [-0.15, -0.1) is 0 Å². The molecular formula is C21H18N4OS. The van der Waals surface area contributed by atoms with Crippen LogP contribution >= 0.6 is 12.2 Å². The molecule has 27 heavy (non-hydrogen) atoms. The normalized spacial score (nSPS) is 11.3. The van der Waals surface area contributed by atoms with Gasteiger partial charge >= 0.3 is 0 Å². The molecule has 0 aliphatic carbocycles. The highest BCUT2D eigenvalue weighted by molar-refractivity contribution is 7.71. The van der Waals surface area contributed by atoms with Crippen LogP contribution in [0, 0.1) is 11.7 Å². The van der Waals surface area contributed by atoms with Crippen molar-refractivity contribution < 1.29 is 4.74 Å². The highest BCUT2D eigenvalue weighted by Crippen LogP contribution is 2.27. The van der Waals surface area contributed by atoms with Gasteiger partial charge in [0.05, 0.1) is 13.3 Å². The summed E-state index contributed by atoms with van der Waals surface area (Å²) >= 11 is 5.39. The molecule has 6 heteroatoms. The van der Waals surface area contributed by atoms with Gasteiger partial charge in [0.2, 0.25) is 4.77 Å². The summed E-state index contributed by atoms with van der Waals surface area (Å²) in [5.41, 5.74) is 2.98. The van der Waals surface area contributed by atoms with E-state index in [0.717, 1.165) is 33.2 Å². The minimum atomic E-state index is 0.434. The van der Waals surface area contributed by atoms with Crippen LogP contribution < -0.4 is 4.74 Å². The second kappa shape index (κ2) is 7.17. The Bertz CT molecular complexity index is 1210. The Morgan fingerprint density at radius 3 is 2.67 bits per heavy atom. The van der Waals surface area contributed by atoms with Crippen LogP contribution in [0.3, 0.4) is 0 Å². The van der Waals surface area contributed by atoms with Gasteiger partial charge in [0.25, 0.3) is 0 Å². The molecule has 134 valence electrons. The predicted molar refractivity (Wildman–Crippen MR) is 111 cm³/mol. The van der Waals surface area contributed by atoms with Gasteiger partial charge in [-0.05, 0) is 41.5 Å². The number of aromatic nitrogens is 3. The van der Waals surface area contributed by atoms with Crippen molar-refractivity contribution in [2.75, 3.05) is 7.11 Å². The molecule has 0 spiro atoms. The number of H-pyrrole nitrogens is 1. The molecule has 0 fully saturated rings. The quantitative estimate of drug-likeness (QED) is 0.406. The van der Waals surface area contributed by atoms with Crippen LogP contribution in [0.2, 0.25) is 0 Å². The first-order valence-electron chi connectivity index (χ1n) is 8.52. The van der Waals surface area contributed by atoms with Crippen molar-refractivity contribution in [1.29, 1.82) is 0 Å². The Morgan fingerprint density at radius 2 is 1.85 bits per heavy atom. The van der Waals surface area contributed by atoms with Gasteiger partial charge in [-0.25, -0.2) is 5.10 Å². The zero-order chi connectivity index (χ0) is 18.8. The molecule has 0 amide bonds. The summed E-state index contributed by atoms with van der Waals surface area (Å²) < 4.78 is 7.61. The average Bonchev–Trinajstić information content (AvgIpc) is 3.06. The molecule has 1 heterocycles. The summed E-state index contributed by atoms with van der Waals surface area (Å²) in [7, 11) is 1.66. The van der Waals surface area contributed by atoms with Crippen LogP contribution in [0.15, 0.2) is 65.8 Å². The van der Waals surface area contributed by atoms with Crippen molar-refractivity contribution in [1.82, 2.24) is 14.9 Å². The number of fused-ring (bicyclic) bond motifs is 1. The summed E-state index contributed by atoms with van der Waals surface area (Å²) in [6.45, 7) is 2.04. The van der Waals surface area contributed by atoms with Crippen LogP contribution in [-0.4, -0.2) is 28.2 Å². The Hall–Kier alpha value is -3.25. The van der Waals surface area contributed by atoms with E-state index in [4.69, 9.17) is 17.0 Å². The zero-order valence-corrected chi connectivity index (χ0v) is 15.8. The van der Waals surface area contributed by atoms with Gasteiger partial charge < -0.3 is 4.74 Å². The number of hydrogen-bond donors (Lipinski definition) is 1. The van der Waals surface area contributed by atoms with Crippen molar-refractivity contribution >= 4 is 29.2 Å². The average molecular weight is 374 g/mol. The van der Waals surface area contributed by atoms with E-state index in [0.29, 0.717) is 10.6 Å². The lowest BCUT2D eigenvalue weighted by Gasteiger charge is -2.09. The van der Waals surface area contributed by atoms with Crippen molar-refractivity contribution in [3.8, 4) is 17.1 Å². The molecule has 1 N–H and O–H groups in total. The van der Waals surface area contributed by atoms with Gasteiger partial charge in [0.15, 0.2) is 5.82 Å². The van der Waals surface area contributed by atoms with E-state index < -0.39 is 0 Å². The van der Waals surface area contributed by atoms with Crippen LogP contribution in [0.1, 0.15) is 11.1 Å². The minimum absolute atomic E-state index is 0.434. The van der Waals surface area contributed by atoms with Gasteiger partial charge in [0.1, 0.15) is 5.75 Å². The van der Waals surface area contributed by atoms with E-state index in [1.54, 1.807) is 18.0 Å². The molecule has 0 saturated heterocycles. The maximum Gasteiger partial charge on any atom is 0.216 e. The van der Waals surface area contributed by atoms with E-state index in [9.17, 15) is 0 Å². The predicted octanol–water partition coefficient (Wildman–Crippen LogP) is 4.96. The van der Waals surface area contributed by atoms with E-state index >= 15 is 0 Å². The highest BCUT2D eigenvalue weighted by atomic mass is 32.1. The smallest absolute Gasteiger partial charge is 0.216 e. The molecule has 0 atom stereocenters. The molecule has 0 saturated carbocycles. The largest absolute Gasteiger partial charge is 0.496 e. The lowest BCUT2D eigenvalue weighted by molar-refractivity contribution is 0.415. The summed E-state index contributed by atoms with van der Waals surface area (Å²) in [5, 5.41) is 14.0. The lowest BCUT2D eigenvalue weighted by Crippen LogP contribution is -1.98. The Kier molecular flexibility index (Phi) is 4.56. The minimum Gasteiger partial charge on any atom is -0.496 e. The maximum absolute atomic E-state index is 5.54. The molecule has 0 aliphatic rings. The second-order valence-corrected chi connectivity index (χ2v) is 6.51. The topological polar surface area (TPSA) is 55.2 Å². The van der Waals surface area contributed by atoms with Crippen molar-refractivity contribution in [2.45, 2.75) is 6.92 Å². The molecule has 0 radical (unpaired) electrons. The standard InChI is InChI=1S/C21H18N4OS/c1-14-7-3-5-9-16(14)20-23-24-21(27)25(20)22-13-18-17-10-6-4-8-15(17)11-12-19(18)26-2/h3-13H,1-2H3,(H,24,27)/b22-13+. The number of benzene rings is 3. The fraction of sp³-hybridized carbons (Fsp3) is 0.0952. The van der Waals surface area contributed by atoms with Crippen molar-refractivity contribution in [3.63, 3.8) is 0 Å². The van der Waals surface area contributed by atoms with E-state index in [1.807, 2.05) is 55.5 Å². The molecule has 5 nitrogen and oxygen atoms in total.